The molecule has 2 rings (SSSR count). The van der Waals surface area contributed by atoms with Gasteiger partial charge in [-0.2, -0.15) is 0 Å². The molecule has 1 aromatic heterocycles. The lowest BCUT2D eigenvalue weighted by Crippen LogP contribution is -2.30. The van der Waals surface area contributed by atoms with Crippen LogP contribution in [0.5, 0.6) is 0 Å². The van der Waals surface area contributed by atoms with E-state index in [-0.39, 0.29) is 24.8 Å². The van der Waals surface area contributed by atoms with Gasteiger partial charge in [-0.3, -0.25) is 14.6 Å². The fourth-order valence-electron chi connectivity index (χ4n) is 2.31. The van der Waals surface area contributed by atoms with Crippen molar-refractivity contribution in [1.29, 1.82) is 0 Å². The van der Waals surface area contributed by atoms with Gasteiger partial charge in [0.1, 0.15) is 0 Å². The van der Waals surface area contributed by atoms with E-state index in [4.69, 9.17) is 5.11 Å². The third kappa shape index (κ3) is 5.54. The molecule has 0 aliphatic heterocycles. The number of hydrogen-bond donors (Lipinski definition) is 2. The number of rotatable bonds is 7. The molecule has 0 bridgehead atoms. The predicted molar refractivity (Wildman–Crippen MR) is 86.9 cm³/mol. The molecule has 0 spiro atoms. The average molecular weight is 312 g/mol. The van der Waals surface area contributed by atoms with E-state index in [2.05, 4.69) is 10.3 Å². The second-order valence-corrected chi connectivity index (χ2v) is 5.45. The third-order valence-corrected chi connectivity index (χ3v) is 3.52. The lowest BCUT2D eigenvalue weighted by molar-refractivity contribution is -0.137. The molecule has 23 heavy (non-hydrogen) atoms. The fourth-order valence-corrected chi connectivity index (χ4v) is 2.31. The Morgan fingerprint density at radius 1 is 1.17 bits per heavy atom. The van der Waals surface area contributed by atoms with Crippen LogP contribution in [0.1, 0.15) is 35.7 Å². The minimum absolute atomic E-state index is 0.00588. The van der Waals surface area contributed by atoms with Gasteiger partial charge in [0.05, 0.1) is 12.5 Å². The maximum Gasteiger partial charge on any atom is 0.303 e. The number of aliphatic carboxylic acids is 1. The Labute approximate surface area is 135 Å². The summed E-state index contributed by atoms with van der Waals surface area (Å²) in [4.78, 5) is 27.2. The van der Waals surface area contributed by atoms with Crippen LogP contribution in [0.4, 0.5) is 0 Å². The first-order chi connectivity index (χ1) is 11.0. The highest BCUT2D eigenvalue weighted by atomic mass is 16.4. The molecule has 0 aliphatic carbocycles. The van der Waals surface area contributed by atoms with Crippen LogP contribution in [-0.4, -0.2) is 22.0 Å². The van der Waals surface area contributed by atoms with Gasteiger partial charge in [0.25, 0.3) is 0 Å². The Bertz CT molecular complexity index is 654. The second kappa shape index (κ2) is 8.08. The highest BCUT2D eigenvalue weighted by molar-refractivity contribution is 5.79. The summed E-state index contributed by atoms with van der Waals surface area (Å²) in [5.41, 5.74) is 2.64. The number of hydrogen-bond acceptors (Lipinski definition) is 3. The predicted octanol–water partition coefficient (Wildman–Crippen LogP) is 2.65. The number of carboxylic acid groups (broad SMARTS) is 1. The lowest BCUT2D eigenvalue weighted by Gasteiger charge is -2.18. The average Bonchev–Trinajstić information content (AvgIpc) is 2.54. The molecule has 1 atom stereocenters. The fraction of sp³-hybridized carbons (Fsp3) is 0.278. The van der Waals surface area contributed by atoms with E-state index in [0.29, 0.717) is 6.42 Å². The van der Waals surface area contributed by atoms with Crippen molar-refractivity contribution in [2.45, 2.75) is 32.2 Å². The van der Waals surface area contributed by atoms with E-state index in [1.807, 2.05) is 49.4 Å². The molecule has 0 fully saturated rings. The first-order valence-corrected chi connectivity index (χ1v) is 7.52. The number of aryl methyl sites for hydroxylation is 1. The standard InChI is InChI=1S/C18H20N2O3/c1-13-7-8-14(12-19-13)11-17(21)20-16(9-10-18(22)23)15-5-3-2-4-6-15/h2-8,12,16H,9-11H2,1H3,(H,20,21)(H,22,23)/t16-/m0/s1. The quantitative estimate of drug-likeness (QED) is 0.824. The molecule has 0 radical (unpaired) electrons. The van der Waals surface area contributed by atoms with Gasteiger partial charge in [-0.25, -0.2) is 0 Å². The van der Waals surface area contributed by atoms with Gasteiger partial charge >= 0.3 is 5.97 Å². The molecule has 0 unspecified atom stereocenters. The maximum absolute atomic E-state index is 12.2. The van der Waals surface area contributed by atoms with Crippen LogP contribution in [0.3, 0.4) is 0 Å². The second-order valence-electron chi connectivity index (χ2n) is 5.45. The molecular formula is C18H20N2O3. The molecule has 120 valence electrons. The van der Waals surface area contributed by atoms with Crippen LogP contribution in [0, 0.1) is 6.92 Å². The van der Waals surface area contributed by atoms with Crippen molar-refractivity contribution in [3.8, 4) is 0 Å². The molecule has 2 N–H and O–H groups in total. The zero-order valence-electron chi connectivity index (χ0n) is 13.0. The summed E-state index contributed by atoms with van der Waals surface area (Å²) in [6.07, 6.45) is 2.27. The molecule has 1 amide bonds. The Balaban J connectivity index is 2.02. The summed E-state index contributed by atoms with van der Waals surface area (Å²) in [5.74, 6) is -1.02. The van der Waals surface area contributed by atoms with Gasteiger partial charge < -0.3 is 10.4 Å². The van der Waals surface area contributed by atoms with Gasteiger partial charge in [-0.15, -0.1) is 0 Å². The molecule has 1 aromatic carbocycles. The summed E-state index contributed by atoms with van der Waals surface area (Å²) in [6.45, 7) is 1.89. The number of carboxylic acids is 1. The van der Waals surface area contributed by atoms with Crippen molar-refractivity contribution >= 4 is 11.9 Å². The van der Waals surface area contributed by atoms with Crippen molar-refractivity contribution in [2.24, 2.45) is 0 Å². The van der Waals surface area contributed by atoms with Crippen molar-refractivity contribution in [1.82, 2.24) is 10.3 Å². The van der Waals surface area contributed by atoms with Crippen molar-refractivity contribution in [2.75, 3.05) is 0 Å². The number of carbonyl (C=O) groups excluding carboxylic acids is 1. The third-order valence-electron chi connectivity index (χ3n) is 3.52. The first kappa shape index (κ1) is 16.7. The highest BCUT2D eigenvalue weighted by Crippen LogP contribution is 2.18. The summed E-state index contributed by atoms with van der Waals surface area (Å²) in [7, 11) is 0. The van der Waals surface area contributed by atoms with Crippen LogP contribution < -0.4 is 5.32 Å². The SMILES string of the molecule is Cc1ccc(CC(=O)N[C@@H](CCC(=O)O)c2ccccc2)cn1. The van der Waals surface area contributed by atoms with Crippen LogP contribution in [0.25, 0.3) is 0 Å². The Hall–Kier alpha value is -2.69. The molecule has 0 saturated heterocycles. The van der Waals surface area contributed by atoms with E-state index in [0.717, 1.165) is 16.8 Å². The van der Waals surface area contributed by atoms with Crippen molar-refractivity contribution < 1.29 is 14.7 Å². The normalized spacial score (nSPS) is 11.7. The van der Waals surface area contributed by atoms with Crippen LogP contribution in [0.15, 0.2) is 48.7 Å². The zero-order valence-corrected chi connectivity index (χ0v) is 13.0. The summed E-state index contributed by atoms with van der Waals surface area (Å²) in [5, 5.41) is 11.8. The van der Waals surface area contributed by atoms with Crippen LogP contribution >= 0.6 is 0 Å². The van der Waals surface area contributed by atoms with Gasteiger partial charge in [-0.05, 0) is 30.5 Å². The molecular weight excluding hydrogens is 292 g/mol. The van der Waals surface area contributed by atoms with E-state index in [1.54, 1.807) is 6.20 Å². The molecule has 2 aromatic rings. The maximum atomic E-state index is 12.2. The zero-order chi connectivity index (χ0) is 16.7. The summed E-state index contributed by atoms with van der Waals surface area (Å²) < 4.78 is 0. The van der Waals surface area contributed by atoms with Crippen molar-refractivity contribution in [3.63, 3.8) is 0 Å². The molecule has 5 nitrogen and oxygen atoms in total. The van der Waals surface area contributed by atoms with Crippen LogP contribution in [-0.2, 0) is 16.0 Å². The van der Waals surface area contributed by atoms with Gasteiger partial charge in [0.2, 0.25) is 5.91 Å². The number of carbonyl (C=O) groups is 2. The molecule has 1 heterocycles. The van der Waals surface area contributed by atoms with E-state index >= 15 is 0 Å². The summed E-state index contributed by atoms with van der Waals surface area (Å²) >= 11 is 0. The number of nitrogens with one attached hydrogen (secondary N) is 1. The monoisotopic (exact) mass is 312 g/mol. The molecule has 0 saturated carbocycles. The Morgan fingerprint density at radius 2 is 1.91 bits per heavy atom. The Kier molecular flexibility index (Phi) is 5.86. The van der Waals surface area contributed by atoms with E-state index in [1.165, 1.54) is 0 Å². The first-order valence-electron chi connectivity index (χ1n) is 7.52. The van der Waals surface area contributed by atoms with Gasteiger partial charge in [-0.1, -0.05) is 36.4 Å². The van der Waals surface area contributed by atoms with E-state index in [9.17, 15) is 9.59 Å². The number of amides is 1. The minimum atomic E-state index is -0.872. The van der Waals surface area contributed by atoms with Crippen molar-refractivity contribution in [3.05, 3.63) is 65.5 Å². The van der Waals surface area contributed by atoms with Crippen LogP contribution in [0.2, 0.25) is 0 Å². The highest BCUT2D eigenvalue weighted by Gasteiger charge is 2.16. The largest absolute Gasteiger partial charge is 0.481 e. The smallest absolute Gasteiger partial charge is 0.303 e. The summed E-state index contributed by atoms with van der Waals surface area (Å²) in [6, 6.07) is 12.8. The molecule has 5 heteroatoms. The minimum Gasteiger partial charge on any atom is -0.481 e. The number of pyridine rings is 1. The lowest BCUT2D eigenvalue weighted by atomic mass is 10.0. The number of nitrogens with zero attached hydrogens (tertiary/aromatic N) is 1. The number of benzene rings is 1. The van der Waals surface area contributed by atoms with Gasteiger partial charge in [0, 0.05) is 18.3 Å². The number of aromatic nitrogens is 1. The van der Waals surface area contributed by atoms with Gasteiger partial charge in [0.15, 0.2) is 0 Å². The van der Waals surface area contributed by atoms with E-state index < -0.39 is 5.97 Å². The Morgan fingerprint density at radius 3 is 2.52 bits per heavy atom. The molecule has 0 aliphatic rings. The topological polar surface area (TPSA) is 79.3 Å².